The van der Waals surface area contributed by atoms with Crippen LogP contribution in [0.5, 0.6) is 0 Å². The Morgan fingerprint density at radius 3 is 2.52 bits per heavy atom. The molecule has 0 bridgehead atoms. The number of furan rings is 1. The lowest BCUT2D eigenvalue weighted by Crippen LogP contribution is -2.47. The molecule has 44 heavy (non-hydrogen) atoms. The molecule has 4 aromatic rings. The Bertz CT molecular complexity index is 1770. The molecule has 0 saturated heterocycles. The number of aromatic nitrogens is 2. The first-order valence-electron chi connectivity index (χ1n) is 14.9. The van der Waals surface area contributed by atoms with Crippen molar-refractivity contribution in [3.05, 3.63) is 87.3 Å². The molecule has 1 aromatic carbocycles. The summed E-state index contributed by atoms with van der Waals surface area (Å²) in [4.78, 5) is 50.2. The molecular weight excluding hydrogens is 558 g/mol. The molecule has 0 fully saturated rings. The van der Waals surface area contributed by atoms with Gasteiger partial charge in [-0.3, -0.25) is 24.3 Å². The molecule has 10 nitrogen and oxygen atoms in total. The number of hydrogen-bond acceptors (Lipinski definition) is 7. The molecule has 0 saturated carbocycles. The number of hydrogen-bond donors (Lipinski definition) is 0. The van der Waals surface area contributed by atoms with E-state index in [1.165, 1.54) is 0 Å². The van der Waals surface area contributed by atoms with Gasteiger partial charge < -0.3 is 23.5 Å². The summed E-state index contributed by atoms with van der Waals surface area (Å²) in [5, 5.41) is 0.583. The van der Waals surface area contributed by atoms with Gasteiger partial charge >= 0.3 is 0 Å². The van der Waals surface area contributed by atoms with Gasteiger partial charge in [-0.1, -0.05) is 12.1 Å². The van der Waals surface area contributed by atoms with E-state index in [1.807, 2.05) is 57.3 Å². The Balaban J connectivity index is 1.49. The zero-order valence-electron chi connectivity index (χ0n) is 26.6. The summed E-state index contributed by atoms with van der Waals surface area (Å²) in [7, 11) is 3.38. The van der Waals surface area contributed by atoms with Crippen LogP contribution in [-0.4, -0.2) is 53.5 Å². The monoisotopic (exact) mass is 599 g/mol. The van der Waals surface area contributed by atoms with E-state index in [9.17, 15) is 14.4 Å². The Labute approximate surface area is 257 Å². The fraction of sp³-hybridized carbons (Fsp3) is 0.412. The van der Waals surface area contributed by atoms with Crippen molar-refractivity contribution in [2.45, 2.75) is 60.9 Å². The molecule has 0 N–H and O–H groups in total. The highest BCUT2D eigenvalue weighted by molar-refractivity contribution is 6.19. The first-order chi connectivity index (χ1) is 21.0. The van der Waals surface area contributed by atoms with Gasteiger partial charge in [0.2, 0.25) is 11.8 Å². The van der Waals surface area contributed by atoms with Gasteiger partial charge in [0.25, 0.3) is 5.56 Å². The van der Waals surface area contributed by atoms with Gasteiger partial charge in [-0.25, -0.2) is 0 Å². The highest BCUT2D eigenvalue weighted by atomic mass is 16.5. The fourth-order valence-corrected chi connectivity index (χ4v) is 6.03. The summed E-state index contributed by atoms with van der Waals surface area (Å²) in [6.07, 6.45) is 3.61. The minimum absolute atomic E-state index is 0.0824. The molecule has 0 unspecified atom stereocenters. The molecule has 5 rings (SSSR count). The van der Waals surface area contributed by atoms with Crippen LogP contribution in [0.15, 0.2) is 58.0 Å². The zero-order valence-corrected chi connectivity index (χ0v) is 26.6. The predicted molar refractivity (Wildman–Crippen MR) is 171 cm³/mol. The highest BCUT2D eigenvalue weighted by Crippen LogP contribution is 2.39. The van der Waals surface area contributed by atoms with Crippen molar-refractivity contribution in [3.63, 3.8) is 0 Å². The lowest BCUT2D eigenvalue weighted by Gasteiger charge is -2.27. The molecule has 3 aromatic heterocycles. The Morgan fingerprint density at radius 2 is 1.80 bits per heavy atom. The lowest BCUT2D eigenvalue weighted by atomic mass is 9.90. The smallest absolute Gasteiger partial charge is 0.261 e. The molecule has 2 amide bonds. The first-order valence-corrected chi connectivity index (χ1v) is 14.9. The number of amides is 2. The number of carbonyl (C=O) groups is 2. The van der Waals surface area contributed by atoms with E-state index in [0.29, 0.717) is 61.7 Å². The largest absolute Gasteiger partial charge is 0.461 e. The SMILES string of the molecule is CCN1C(=O)C(C)(C)C(=O)N(C)c2cc(CN(CCn3cc(C)c4oc(C)cc4c3=O)Cc3cccnc3COC)ccc21. The number of carbonyl (C=O) groups excluding carboxylic acids is 2. The van der Waals surface area contributed by atoms with Crippen LogP contribution >= 0.6 is 0 Å². The second-order valence-corrected chi connectivity index (χ2v) is 12.0. The van der Waals surface area contributed by atoms with Crippen LogP contribution in [0.4, 0.5) is 11.4 Å². The summed E-state index contributed by atoms with van der Waals surface area (Å²) in [6, 6.07) is 11.7. The van der Waals surface area contributed by atoms with E-state index in [4.69, 9.17) is 9.15 Å². The minimum atomic E-state index is -1.17. The van der Waals surface area contributed by atoms with E-state index < -0.39 is 5.41 Å². The van der Waals surface area contributed by atoms with Crippen molar-refractivity contribution in [1.29, 1.82) is 0 Å². The van der Waals surface area contributed by atoms with Crippen LogP contribution < -0.4 is 15.4 Å². The minimum Gasteiger partial charge on any atom is -0.461 e. The van der Waals surface area contributed by atoms with Crippen LogP contribution in [0.3, 0.4) is 0 Å². The number of pyridine rings is 2. The quantitative estimate of drug-likeness (QED) is 0.241. The van der Waals surface area contributed by atoms with Crippen molar-refractivity contribution in [3.8, 4) is 0 Å². The van der Waals surface area contributed by atoms with Gasteiger partial charge in [-0.05, 0) is 70.0 Å². The third-order valence-corrected chi connectivity index (χ3v) is 8.40. The molecule has 1 aliphatic rings. The third kappa shape index (κ3) is 5.79. The summed E-state index contributed by atoms with van der Waals surface area (Å²) in [5.41, 5.74) is 4.57. The number of nitrogens with zero attached hydrogens (tertiary/aromatic N) is 5. The summed E-state index contributed by atoms with van der Waals surface area (Å²) < 4.78 is 12.9. The summed E-state index contributed by atoms with van der Waals surface area (Å²) in [6.45, 7) is 12.1. The average Bonchev–Trinajstić information content (AvgIpc) is 3.39. The number of anilines is 2. The maximum absolute atomic E-state index is 13.4. The number of rotatable bonds is 10. The van der Waals surface area contributed by atoms with Crippen molar-refractivity contribution in [2.75, 3.05) is 37.0 Å². The predicted octanol–water partition coefficient (Wildman–Crippen LogP) is 4.81. The van der Waals surface area contributed by atoms with Gasteiger partial charge in [0.1, 0.15) is 16.8 Å². The summed E-state index contributed by atoms with van der Waals surface area (Å²) >= 11 is 0. The van der Waals surface area contributed by atoms with Gasteiger partial charge in [0, 0.05) is 64.8 Å². The first kappa shape index (κ1) is 31.2. The molecule has 1 aliphatic heterocycles. The van der Waals surface area contributed by atoms with Crippen LogP contribution in [0.2, 0.25) is 0 Å². The van der Waals surface area contributed by atoms with E-state index in [2.05, 4.69) is 9.88 Å². The zero-order chi connectivity index (χ0) is 31.8. The normalized spacial score (nSPS) is 14.9. The van der Waals surface area contributed by atoms with Crippen LogP contribution in [0.1, 0.15) is 48.9 Å². The molecule has 0 radical (unpaired) electrons. The topological polar surface area (TPSA) is 101 Å². The number of aryl methyl sites for hydroxylation is 2. The maximum atomic E-state index is 13.4. The van der Waals surface area contributed by atoms with E-state index in [1.54, 1.807) is 54.6 Å². The van der Waals surface area contributed by atoms with Gasteiger partial charge in [0.15, 0.2) is 0 Å². The molecular formula is C34H41N5O5. The van der Waals surface area contributed by atoms with Gasteiger partial charge in [0.05, 0.1) is 29.1 Å². The Hall–Kier alpha value is -4.28. The Morgan fingerprint density at radius 1 is 1.02 bits per heavy atom. The number of fused-ring (bicyclic) bond motifs is 2. The fourth-order valence-electron chi connectivity index (χ4n) is 6.03. The number of ether oxygens (including phenoxy) is 1. The Kier molecular flexibility index (Phi) is 8.76. The second-order valence-electron chi connectivity index (χ2n) is 12.0. The summed E-state index contributed by atoms with van der Waals surface area (Å²) in [5.74, 6) is 0.255. The molecule has 0 atom stereocenters. The molecule has 4 heterocycles. The molecule has 10 heteroatoms. The van der Waals surface area contributed by atoms with Crippen molar-refractivity contribution in [2.24, 2.45) is 5.41 Å². The molecule has 232 valence electrons. The van der Waals surface area contributed by atoms with E-state index in [-0.39, 0.29) is 17.4 Å². The number of methoxy groups -OCH3 is 1. The van der Waals surface area contributed by atoms with E-state index >= 15 is 0 Å². The van der Waals surface area contributed by atoms with Crippen LogP contribution in [0.25, 0.3) is 11.0 Å². The highest BCUT2D eigenvalue weighted by Gasteiger charge is 2.45. The lowest BCUT2D eigenvalue weighted by molar-refractivity contribution is -0.137. The molecule has 0 aliphatic carbocycles. The van der Waals surface area contributed by atoms with Crippen LogP contribution in [0, 0.1) is 19.3 Å². The van der Waals surface area contributed by atoms with Crippen LogP contribution in [-0.2, 0) is 40.6 Å². The maximum Gasteiger partial charge on any atom is 0.261 e. The van der Waals surface area contributed by atoms with Crippen molar-refractivity contribution < 1.29 is 18.7 Å². The van der Waals surface area contributed by atoms with E-state index in [0.717, 1.165) is 28.1 Å². The number of benzene rings is 1. The van der Waals surface area contributed by atoms with Gasteiger partial charge in [-0.15, -0.1) is 0 Å². The van der Waals surface area contributed by atoms with Gasteiger partial charge in [-0.2, -0.15) is 0 Å². The van der Waals surface area contributed by atoms with Crippen molar-refractivity contribution in [1.82, 2.24) is 14.5 Å². The molecule has 0 spiro atoms. The third-order valence-electron chi connectivity index (χ3n) is 8.40. The second kappa shape index (κ2) is 12.4. The average molecular weight is 600 g/mol. The standard InChI is InChI=1S/C34H41N5O5/c1-8-39-28-12-11-24(17-29(28)36(6)32(41)34(4,5)33(39)42)19-37(20-25-10-9-13-35-27(25)21-43-7)14-15-38-18-22(2)30-26(31(38)40)16-23(3)44-30/h9-13,16-18H,8,14-15,19-21H2,1-7H3. The van der Waals surface area contributed by atoms with Crippen molar-refractivity contribution >= 4 is 34.2 Å².